The highest BCUT2D eigenvalue weighted by Gasteiger charge is 2.35. The highest BCUT2D eigenvalue weighted by Crippen LogP contribution is 2.29. The summed E-state index contributed by atoms with van der Waals surface area (Å²) < 4.78 is 2.11. The predicted molar refractivity (Wildman–Crippen MR) is 153 cm³/mol. The van der Waals surface area contributed by atoms with E-state index >= 15 is 0 Å². The van der Waals surface area contributed by atoms with Crippen molar-refractivity contribution >= 4 is 52.5 Å². The Balaban J connectivity index is 1.50. The third kappa shape index (κ3) is 4.61. The number of thiocarbonyl (C=S) groups is 1. The number of nitrogens with zero attached hydrogens (tertiary/aromatic N) is 2. The molecule has 1 aliphatic heterocycles. The van der Waals surface area contributed by atoms with Gasteiger partial charge in [-0.25, -0.2) is 0 Å². The lowest BCUT2D eigenvalue weighted by atomic mass is 10.1. The van der Waals surface area contributed by atoms with Crippen LogP contribution >= 0.6 is 23.8 Å². The number of carbonyl (C=O) groups is 2. The number of aryl methyl sites for hydroxylation is 2. The van der Waals surface area contributed by atoms with Crippen LogP contribution < -0.4 is 10.2 Å². The van der Waals surface area contributed by atoms with Gasteiger partial charge in [0.05, 0.1) is 5.69 Å². The molecule has 37 heavy (non-hydrogen) atoms. The molecule has 1 saturated heterocycles. The van der Waals surface area contributed by atoms with Crippen LogP contribution in [0.4, 0.5) is 5.69 Å². The van der Waals surface area contributed by atoms with Crippen molar-refractivity contribution < 1.29 is 9.59 Å². The van der Waals surface area contributed by atoms with E-state index in [9.17, 15) is 9.59 Å². The molecule has 0 spiro atoms. The molecule has 0 aliphatic carbocycles. The largest absolute Gasteiger partial charge is 0.318 e. The monoisotopic (exact) mass is 525 g/mol. The number of amides is 2. The van der Waals surface area contributed by atoms with E-state index in [-0.39, 0.29) is 10.7 Å². The van der Waals surface area contributed by atoms with E-state index in [0.29, 0.717) is 10.7 Å². The van der Waals surface area contributed by atoms with Gasteiger partial charge in [-0.05, 0) is 91.7 Å². The van der Waals surface area contributed by atoms with Crippen molar-refractivity contribution in [3.8, 4) is 16.8 Å². The van der Waals surface area contributed by atoms with Crippen LogP contribution in [0, 0.1) is 20.8 Å². The molecule has 7 heteroatoms. The van der Waals surface area contributed by atoms with E-state index in [1.165, 1.54) is 4.90 Å². The lowest BCUT2D eigenvalue weighted by Gasteiger charge is -2.29. The first-order valence-corrected chi connectivity index (χ1v) is 12.6. The van der Waals surface area contributed by atoms with Gasteiger partial charge in [-0.2, -0.15) is 0 Å². The van der Waals surface area contributed by atoms with Crippen LogP contribution in [-0.4, -0.2) is 21.5 Å². The molecule has 0 saturated carbocycles. The van der Waals surface area contributed by atoms with Gasteiger partial charge in [-0.3, -0.25) is 19.8 Å². The Morgan fingerprint density at radius 1 is 0.838 bits per heavy atom. The Hall–Kier alpha value is -4.00. The molecule has 1 N–H and O–H groups in total. The molecule has 2 heterocycles. The fourth-order valence-corrected chi connectivity index (χ4v) is 4.99. The van der Waals surface area contributed by atoms with Crippen LogP contribution in [0.2, 0.25) is 5.02 Å². The predicted octanol–water partition coefficient (Wildman–Crippen LogP) is 6.55. The molecule has 5 nitrogen and oxygen atoms in total. The smallest absolute Gasteiger partial charge is 0.270 e. The third-order valence-corrected chi connectivity index (χ3v) is 7.21. The molecular weight excluding hydrogens is 502 g/mol. The summed E-state index contributed by atoms with van der Waals surface area (Å²) in [5.41, 5.74) is 7.34. The van der Waals surface area contributed by atoms with Crippen molar-refractivity contribution in [3.05, 3.63) is 112 Å². The lowest BCUT2D eigenvalue weighted by Crippen LogP contribution is -2.54. The quantitative estimate of drug-likeness (QED) is 0.187. The summed E-state index contributed by atoms with van der Waals surface area (Å²) in [6.07, 6.45) is 1.62. The number of hydrogen-bond acceptors (Lipinski definition) is 3. The van der Waals surface area contributed by atoms with Crippen LogP contribution in [-0.2, 0) is 9.59 Å². The van der Waals surface area contributed by atoms with Gasteiger partial charge in [0.15, 0.2) is 5.11 Å². The molecule has 2 amide bonds. The Kier molecular flexibility index (Phi) is 6.54. The first-order valence-electron chi connectivity index (χ1n) is 11.8. The van der Waals surface area contributed by atoms with Crippen LogP contribution in [0.3, 0.4) is 0 Å². The number of nitrogens with one attached hydrogen (secondary N) is 1. The molecule has 0 radical (unpaired) electrons. The number of benzene rings is 3. The second-order valence-electron chi connectivity index (χ2n) is 8.97. The van der Waals surface area contributed by atoms with Gasteiger partial charge in [0.1, 0.15) is 5.57 Å². The summed E-state index contributed by atoms with van der Waals surface area (Å²) in [5.74, 6) is -1.02. The number of halogens is 1. The van der Waals surface area contributed by atoms with Gasteiger partial charge in [0.25, 0.3) is 11.8 Å². The minimum Gasteiger partial charge on any atom is -0.318 e. The standard InChI is InChI=1S/C30H24ClN3O2S/c1-18-9-12-25(17-27(18)31)34-29(36)26(28(35)32-30(34)37)16-23-15-19(2)33(20(23)3)24-13-10-22(11-14-24)21-7-5-4-6-8-21/h4-17H,1-3H3,(H,32,35,37)/b26-16-. The van der Waals surface area contributed by atoms with Crippen LogP contribution in [0.5, 0.6) is 0 Å². The topological polar surface area (TPSA) is 54.3 Å². The molecule has 0 atom stereocenters. The average Bonchev–Trinajstić information content (AvgIpc) is 3.17. The zero-order valence-corrected chi connectivity index (χ0v) is 22.2. The Morgan fingerprint density at radius 3 is 2.16 bits per heavy atom. The van der Waals surface area contributed by atoms with Crippen molar-refractivity contribution in [2.75, 3.05) is 4.90 Å². The lowest BCUT2D eigenvalue weighted by molar-refractivity contribution is -0.122. The van der Waals surface area contributed by atoms with Crippen molar-refractivity contribution in [2.24, 2.45) is 0 Å². The van der Waals surface area contributed by atoms with Gasteiger partial charge in [-0.1, -0.05) is 60.1 Å². The van der Waals surface area contributed by atoms with Gasteiger partial charge in [0.2, 0.25) is 0 Å². The molecular formula is C30H24ClN3O2S. The molecule has 1 fully saturated rings. The van der Waals surface area contributed by atoms with Crippen molar-refractivity contribution in [3.63, 3.8) is 0 Å². The van der Waals surface area contributed by atoms with Crippen molar-refractivity contribution in [1.82, 2.24) is 9.88 Å². The Bertz CT molecular complexity index is 1590. The van der Waals surface area contributed by atoms with Gasteiger partial charge < -0.3 is 4.57 Å². The van der Waals surface area contributed by atoms with Crippen LogP contribution in [0.1, 0.15) is 22.5 Å². The second-order valence-corrected chi connectivity index (χ2v) is 9.76. The van der Waals surface area contributed by atoms with E-state index < -0.39 is 11.8 Å². The second kappa shape index (κ2) is 9.81. The summed E-state index contributed by atoms with van der Waals surface area (Å²) >= 11 is 11.6. The van der Waals surface area contributed by atoms with E-state index in [1.807, 2.05) is 51.1 Å². The van der Waals surface area contributed by atoms with Crippen LogP contribution in [0.15, 0.2) is 84.4 Å². The highest BCUT2D eigenvalue weighted by atomic mass is 35.5. The van der Waals surface area contributed by atoms with Crippen LogP contribution in [0.25, 0.3) is 22.9 Å². The van der Waals surface area contributed by atoms with E-state index in [2.05, 4.69) is 46.3 Å². The molecule has 3 aromatic carbocycles. The third-order valence-electron chi connectivity index (χ3n) is 6.52. The van der Waals surface area contributed by atoms with E-state index in [4.69, 9.17) is 23.8 Å². The van der Waals surface area contributed by atoms with Gasteiger partial charge in [0, 0.05) is 22.1 Å². The fraction of sp³-hybridized carbons (Fsp3) is 0.100. The fourth-order valence-electron chi connectivity index (χ4n) is 4.53. The van der Waals surface area contributed by atoms with E-state index in [0.717, 1.165) is 39.3 Å². The molecule has 5 rings (SSSR count). The molecule has 4 aromatic rings. The maximum atomic E-state index is 13.5. The number of anilines is 1. The maximum absolute atomic E-state index is 13.5. The summed E-state index contributed by atoms with van der Waals surface area (Å²) in [6.45, 7) is 5.84. The zero-order chi connectivity index (χ0) is 26.3. The normalized spacial score (nSPS) is 14.9. The number of rotatable bonds is 4. The zero-order valence-electron chi connectivity index (χ0n) is 20.6. The molecule has 184 valence electrons. The Morgan fingerprint density at radius 2 is 1.49 bits per heavy atom. The summed E-state index contributed by atoms with van der Waals surface area (Å²) in [7, 11) is 0. The first kappa shape index (κ1) is 24.7. The van der Waals surface area contributed by atoms with Crippen molar-refractivity contribution in [2.45, 2.75) is 20.8 Å². The molecule has 0 unspecified atom stereocenters. The minimum atomic E-state index is -0.526. The first-order chi connectivity index (χ1) is 17.7. The summed E-state index contributed by atoms with van der Waals surface area (Å²) in [4.78, 5) is 27.6. The maximum Gasteiger partial charge on any atom is 0.270 e. The molecule has 1 aromatic heterocycles. The summed E-state index contributed by atoms with van der Waals surface area (Å²) in [6, 6.07) is 25.7. The molecule has 0 bridgehead atoms. The number of hydrogen-bond donors (Lipinski definition) is 1. The van der Waals surface area contributed by atoms with Gasteiger partial charge in [-0.15, -0.1) is 0 Å². The summed E-state index contributed by atoms with van der Waals surface area (Å²) in [5, 5.41) is 3.17. The number of aromatic nitrogens is 1. The Labute approximate surface area is 226 Å². The van der Waals surface area contributed by atoms with Crippen molar-refractivity contribution in [1.29, 1.82) is 0 Å². The highest BCUT2D eigenvalue weighted by molar-refractivity contribution is 7.80. The SMILES string of the molecule is Cc1ccc(N2C(=O)/C(=C\c3cc(C)n(-c4ccc(-c5ccccc5)cc4)c3C)C(=O)NC2=S)cc1Cl. The van der Waals surface area contributed by atoms with Gasteiger partial charge >= 0.3 is 0 Å². The number of carbonyl (C=O) groups excluding carboxylic acids is 2. The molecule has 1 aliphatic rings. The minimum absolute atomic E-state index is 0.00460. The average molecular weight is 526 g/mol. The van der Waals surface area contributed by atoms with E-state index in [1.54, 1.807) is 18.2 Å².